The van der Waals surface area contributed by atoms with E-state index in [0.717, 1.165) is 14.3 Å². The molecule has 0 aliphatic carbocycles. The molecule has 1 N–H and O–H groups in total. The molecule has 5 nitrogen and oxygen atoms in total. The molecule has 0 aliphatic heterocycles. The molecular weight excluding hydrogens is 547 g/mol. The van der Waals surface area contributed by atoms with Gasteiger partial charge >= 0.3 is 5.91 Å². The Hall–Kier alpha value is -2.06. The third kappa shape index (κ3) is 4.43. The minimum Gasteiger partial charge on any atom is -0.455 e. The second kappa shape index (κ2) is 8.36. The maximum Gasteiger partial charge on any atom is 0.307 e. The molecular formula is C20H10Br2Cl2N2O3. The van der Waals surface area contributed by atoms with Crippen LogP contribution in [0.4, 0.5) is 0 Å². The Labute approximate surface area is 191 Å². The van der Waals surface area contributed by atoms with Crippen LogP contribution in [0.1, 0.15) is 16.3 Å². The quantitative estimate of drug-likeness (QED) is 0.212. The SMILES string of the molecule is O=C(N/N=C/c1ccc(-c2ccc(Cl)cc2Cl)o1)c1cc2cc(Br)cc(Br)c2o1. The predicted molar refractivity (Wildman–Crippen MR) is 121 cm³/mol. The number of furan rings is 2. The third-order valence-corrected chi connectivity index (χ3v) is 5.54. The number of nitrogens with one attached hydrogen (secondary N) is 1. The molecule has 29 heavy (non-hydrogen) atoms. The maximum atomic E-state index is 12.3. The zero-order valence-corrected chi connectivity index (χ0v) is 19.1. The van der Waals surface area contributed by atoms with Crippen LogP contribution < -0.4 is 5.43 Å². The van der Waals surface area contributed by atoms with E-state index in [4.69, 9.17) is 32.0 Å². The number of carbonyl (C=O) groups excluding carboxylic acids is 1. The molecule has 1 amide bonds. The molecule has 2 aromatic heterocycles. The molecule has 0 saturated heterocycles. The van der Waals surface area contributed by atoms with Crippen molar-refractivity contribution in [1.29, 1.82) is 0 Å². The molecule has 0 unspecified atom stereocenters. The summed E-state index contributed by atoms with van der Waals surface area (Å²) in [6.07, 6.45) is 1.39. The van der Waals surface area contributed by atoms with E-state index < -0.39 is 5.91 Å². The predicted octanol–water partition coefficient (Wildman–Crippen LogP) is 7.29. The molecule has 0 fully saturated rings. The number of rotatable bonds is 4. The lowest BCUT2D eigenvalue weighted by atomic mass is 10.2. The number of carbonyl (C=O) groups is 1. The van der Waals surface area contributed by atoms with Gasteiger partial charge in [-0.1, -0.05) is 39.1 Å². The topological polar surface area (TPSA) is 67.7 Å². The van der Waals surface area contributed by atoms with E-state index in [1.165, 1.54) is 6.21 Å². The largest absolute Gasteiger partial charge is 0.455 e. The van der Waals surface area contributed by atoms with E-state index >= 15 is 0 Å². The van der Waals surface area contributed by atoms with Gasteiger partial charge in [-0.2, -0.15) is 5.10 Å². The fraction of sp³-hybridized carbons (Fsp3) is 0. The highest BCUT2D eigenvalue weighted by molar-refractivity contribution is 9.11. The minimum absolute atomic E-state index is 0.143. The number of amides is 1. The summed E-state index contributed by atoms with van der Waals surface area (Å²) in [6, 6.07) is 13.9. The fourth-order valence-corrected chi connectivity index (χ4v) is 4.49. The van der Waals surface area contributed by atoms with Gasteiger partial charge in [0, 0.05) is 20.4 Å². The van der Waals surface area contributed by atoms with Crippen LogP contribution in [0.2, 0.25) is 10.0 Å². The molecule has 0 bridgehead atoms. The van der Waals surface area contributed by atoms with Crippen molar-refractivity contribution in [3.05, 3.63) is 79.0 Å². The average Bonchev–Trinajstić information content (AvgIpc) is 3.29. The van der Waals surface area contributed by atoms with Crippen LogP contribution in [0.25, 0.3) is 22.3 Å². The highest BCUT2D eigenvalue weighted by Gasteiger charge is 2.14. The van der Waals surface area contributed by atoms with Crippen molar-refractivity contribution in [2.24, 2.45) is 5.10 Å². The van der Waals surface area contributed by atoms with E-state index in [2.05, 4.69) is 42.4 Å². The van der Waals surface area contributed by atoms with Crippen molar-refractivity contribution < 1.29 is 13.6 Å². The second-order valence-corrected chi connectivity index (χ2v) is 8.56. The molecule has 4 rings (SSSR count). The number of benzene rings is 2. The molecule has 0 atom stereocenters. The van der Waals surface area contributed by atoms with Gasteiger partial charge in [0.1, 0.15) is 17.1 Å². The minimum atomic E-state index is -0.479. The first-order chi connectivity index (χ1) is 13.9. The molecule has 0 spiro atoms. The molecule has 0 aliphatic rings. The summed E-state index contributed by atoms with van der Waals surface area (Å²) in [6.45, 7) is 0. The Bertz CT molecular complexity index is 1260. The zero-order valence-electron chi connectivity index (χ0n) is 14.4. The highest BCUT2D eigenvalue weighted by atomic mass is 79.9. The highest BCUT2D eigenvalue weighted by Crippen LogP contribution is 2.32. The van der Waals surface area contributed by atoms with Gasteiger partial charge in [-0.05, 0) is 64.5 Å². The van der Waals surface area contributed by atoms with Crippen molar-refractivity contribution in [2.75, 3.05) is 0 Å². The van der Waals surface area contributed by atoms with Crippen molar-refractivity contribution in [2.45, 2.75) is 0 Å². The van der Waals surface area contributed by atoms with Gasteiger partial charge in [0.15, 0.2) is 5.76 Å². The number of halogens is 4. The summed E-state index contributed by atoms with van der Waals surface area (Å²) in [5.41, 5.74) is 3.71. The molecule has 0 saturated carbocycles. The first kappa shape index (κ1) is 20.2. The Kier molecular flexibility index (Phi) is 5.83. The standard InChI is InChI=1S/C20H10Br2Cl2N2O3/c21-11-5-10-6-18(29-19(10)15(22)7-11)20(27)26-25-9-13-2-4-17(28-13)14-3-1-12(23)8-16(14)24/h1-9H,(H,26,27)/b25-9+. The van der Waals surface area contributed by atoms with Crippen molar-refractivity contribution in [1.82, 2.24) is 5.43 Å². The van der Waals surface area contributed by atoms with Crippen LogP contribution in [0, 0.1) is 0 Å². The third-order valence-electron chi connectivity index (χ3n) is 3.94. The smallest absolute Gasteiger partial charge is 0.307 e. The van der Waals surface area contributed by atoms with Crippen LogP contribution in [0.3, 0.4) is 0 Å². The summed E-state index contributed by atoms with van der Waals surface area (Å²) in [4.78, 5) is 12.3. The van der Waals surface area contributed by atoms with Crippen LogP contribution in [0.15, 0.2) is 71.4 Å². The van der Waals surface area contributed by atoms with E-state index in [1.807, 2.05) is 12.1 Å². The second-order valence-electron chi connectivity index (χ2n) is 5.94. The molecule has 9 heteroatoms. The Morgan fingerprint density at radius 1 is 1.03 bits per heavy atom. The van der Waals surface area contributed by atoms with Crippen molar-refractivity contribution in [3.63, 3.8) is 0 Å². The summed E-state index contributed by atoms with van der Waals surface area (Å²) in [5.74, 6) is 0.673. The van der Waals surface area contributed by atoms with Gasteiger partial charge in [-0.25, -0.2) is 5.43 Å². The van der Waals surface area contributed by atoms with E-state index in [0.29, 0.717) is 32.7 Å². The van der Waals surface area contributed by atoms with E-state index in [-0.39, 0.29) is 5.76 Å². The van der Waals surface area contributed by atoms with Crippen LogP contribution in [-0.4, -0.2) is 12.1 Å². The molecule has 2 heterocycles. The lowest BCUT2D eigenvalue weighted by Gasteiger charge is -2.00. The lowest BCUT2D eigenvalue weighted by molar-refractivity contribution is 0.0929. The maximum absolute atomic E-state index is 12.3. The van der Waals surface area contributed by atoms with Crippen LogP contribution in [-0.2, 0) is 0 Å². The van der Waals surface area contributed by atoms with Gasteiger partial charge in [-0.3, -0.25) is 4.79 Å². The molecule has 2 aromatic carbocycles. The average molecular weight is 557 g/mol. The normalized spacial score (nSPS) is 11.4. The first-order valence-corrected chi connectivity index (χ1v) is 10.5. The van der Waals surface area contributed by atoms with Gasteiger partial charge in [-0.15, -0.1) is 0 Å². The van der Waals surface area contributed by atoms with Gasteiger partial charge in [0.05, 0.1) is 15.7 Å². The van der Waals surface area contributed by atoms with E-state index in [9.17, 15) is 4.79 Å². The van der Waals surface area contributed by atoms with Crippen molar-refractivity contribution >= 4 is 78.2 Å². The number of hydrazone groups is 1. The lowest BCUT2D eigenvalue weighted by Crippen LogP contribution is -2.16. The molecule has 4 aromatic rings. The Morgan fingerprint density at radius 3 is 2.66 bits per heavy atom. The molecule has 146 valence electrons. The summed E-state index contributed by atoms with van der Waals surface area (Å²) in [5, 5.41) is 5.73. The van der Waals surface area contributed by atoms with Gasteiger partial charge in [0.2, 0.25) is 0 Å². The number of hydrogen-bond acceptors (Lipinski definition) is 4. The Balaban J connectivity index is 1.47. The fourth-order valence-electron chi connectivity index (χ4n) is 2.65. The van der Waals surface area contributed by atoms with E-state index in [1.54, 1.807) is 36.4 Å². The zero-order chi connectivity index (χ0) is 20.5. The number of fused-ring (bicyclic) bond motifs is 1. The van der Waals surface area contributed by atoms with Crippen LogP contribution >= 0.6 is 55.1 Å². The monoisotopic (exact) mass is 554 g/mol. The van der Waals surface area contributed by atoms with Gasteiger partial charge in [0.25, 0.3) is 0 Å². The Morgan fingerprint density at radius 2 is 1.86 bits per heavy atom. The summed E-state index contributed by atoms with van der Waals surface area (Å²) < 4.78 is 12.9. The summed E-state index contributed by atoms with van der Waals surface area (Å²) in [7, 11) is 0. The van der Waals surface area contributed by atoms with Crippen molar-refractivity contribution in [3.8, 4) is 11.3 Å². The first-order valence-electron chi connectivity index (χ1n) is 8.18. The number of hydrogen-bond donors (Lipinski definition) is 1. The van der Waals surface area contributed by atoms with Gasteiger partial charge < -0.3 is 8.83 Å². The van der Waals surface area contributed by atoms with Crippen LogP contribution in [0.5, 0.6) is 0 Å². The molecule has 0 radical (unpaired) electrons. The number of nitrogens with zero attached hydrogens (tertiary/aromatic N) is 1. The summed E-state index contributed by atoms with van der Waals surface area (Å²) >= 11 is 18.9.